The van der Waals surface area contributed by atoms with E-state index in [9.17, 15) is 22.0 Å². The molecule has 1 fully saturated rings. The maximum atomic E-state index is 14.6. The van der Waals surface area contributed by atoms with Gasteiger partial charge in [0.05, 0.1) is 4.90 Å². The number of carbonyl (C=O) groups excluding carboxylic acids is 1. The average molecular weight is 414 g/mol. The summed E-state index contributed by atoms with van der Waals surface area (Å²) in [5, 5.41) is 3.01. The molecule has 0 spiro atoms. The maximum Gasteiger partial charge on any atom is 0.207 e. The van der Waals surface area contributed by atoms with Crippen molar-refractivity contribution in [1.82, 2.24) is 5.32 Å². The molecule has 0 atom stereocenters. The molecule has 0 bridgehead atoms. The summed E-state index contributed by atoms with van der Waals surface area (Å²) in [5.41, 5.74) is -0.179. The van der Waals surface area contributed by atoms with E-state index in [-0.39, 0.29) is 29.3 Å². The van der Waals surface area contributed by atoms with Crippen LogP contribution < -0.4 is 5.32 Å². The third kappa shape index (κ3) is 3.58. The summed E-state index contributed by atoms with van der Waals surface area (Å²) < 4.78 is 53.9. The Hall–Kier alpha value is -1.99. The van der Waals surface area contributed by atoms with E-state index in [1.54, 1.807) is 0 Å². The van der Waals surface area contributed by atoms with Crippen LogP contribution in [0.4, 0.5) is 8.78 Å². The van der Waals surface area contributed by atoms with Crippen LogP contribution in [0.25, 0.3) is 0 Å². The van der Waals surface area contributed by atoms with Crippen LogP contribution in [0.5, 0.6) is 0 Å². The van der Waals surface area contributed by atoms with Crippen molar-refractivity contribution in [3.05, 3.63) is 64.7 Å². The number of rotatable bonds is 5. The lowest BCUT2D eigenvalue weighted by Gasteiger charge is -2.40. The Kier molecular flexibility index (Phi) is 5.53. The highest BCUT2D eigenvalue weighted by Gasteiger charge is 2.50. The first kappa shape index (κ1) is 19.8. The number of carbonyl (C=O) groups is 1. The number of hydrogen-bond donors (Lipinski definition) is 1. The highest BCUT2D eigenvalue weighted by molar-refractivity contribution is 7.92. The summed E-state index contributed by atoms with van der Waals surface area (Å²) in [6.07, 6.45) is 1.35. The Morgan fingerprint density at radius 3 is 2.30 bits per heavy atom. The maximum absolute atomic E-state index is 14.6. The van der Waals surface area contributed by atoms with Crippen molar-refractivity contribution in [2.24, 2.45) is 0 Å². The third-order valence-corrected chi connectivity index (χ3v) is 7.96. The lowest BCUT2D eigenvalue weighted by Crippen LogP contribution is -2.44. The van der Waals surface area contributed by atoms with E-state index in [0.717, 1.165) is 18.2 Å². The summed E-state index contributed by atoms with van der Waals surface area (Å²) in [7, 11) is -4.05. The molecule has 2 aromatic rings. The summed E-state index contributed by atoms with van der Waals surface area (Å²) in [5.74, 6) is -1.47. The van der Waals surface area contributed by atoms with Gasteiger partial charge in [0.1, 0.15) is 16.4 Å². The summed E-state index contributed by atoms with van der Waals surface area (Å²) >= 11 is 5.85. The van der Waals surface area contributed by atoms with E-state index in [0.29, 0.717) is 24.3 Å². The van der Waals surface area contributed by atoms with Crippen LogP contribution in [0, 0.1) is 11.6 Å². The van der Waals surface area contributed by atoms with Gasteiger partial charge in [0.25, 0.3) is 0 Å². The average Bonchev–Trinajstić information content (AvgIpc) is 2.65. The molecule has 0 saturated heterocycles. The highest BCUT2D eigenvalue weighted by atomic mass is 35.5. The second-order valence-corrected chi connectivity index (χ2v) is 9.33. The Bertz CT molecular complexity index is 940. The SMILES string of the molecule is O=CNC1CCC(c2cc(F)ccc2F)(S(=O)(=O)c2ccc(Cl)cc2)CC1. The zero-order valence-corrected chi connectivity index (χ0v) is 15.9. The second kappa shape index (κ2) is 7.56. The zero-order chi connectivity index (χ0) is 19.7. The van der Waals surface area contributed by atoms with Crippen LogP contribution in [0.3, 0.4) is 0 Å². The molecule has 2 aromatic carbocycles. The first-order chi connectivity index (χ1) is 12.8. The molecule has 144 valence electrons. The molecule has 0 aliphatic heterocycles. The molecule has 0 heterocycles. The fraction of sp³-hybridized carbons (Fsp3) is 0.316. The van der Waals surface area contributed by atoms with Crippen molar-refractivity contribution in [2.45, 2.75) is 41.4 Å². The van der Waals surface area contributed by atoms with E-state index in [1.165, 1.54) is 24.3 Å². The molecule has 3 rings (SSSR count). The van der Waals surface area contributed by atoms with Gasteiger partial charge in [-0.1, -0.05) is 11.6 Å². The molecule has 0 unspecified atom stereocenters. The molecular formula is C19H18ClF2NO3S. The Morgan fingerprint density at radius 2 is 1.70 bits per heavy atom. The fourth-order valence-electron chi connectivity index (χ4n) is 3.72. The predicted octanol–water partition coefficient (Wildman–Crippen LogP) is 3.98. The van der Waals surface area contributed by atoms with E-state index < -0.39 is 26.2 Å². The van der Waals surface area contributed by atoms with E-state index in [2.05, 4.69) is 5.32 Å². The van der Waals surface area contributed by atoms with Gasteiger partial charge in [-0.25, -0.2) is 17.2 Å². The lowest BCUT2D eigenvalue weighted by molar-refractivity contribution is -0.110. The quantitative estimate of drug-likeness (QED) is 0.754. The number of benzene rings is 2. The van der Waals surface area contributed by atoms with Gasteiger partial charge in [-0.2, -0.15) is 0 Å². The van der Waals surface area contributed by atoms with E-state index in [1.807, 2.05) is 0 Å². The van der Waals surface area contributed by atoms with Crippen molar-refractivity contribution >= 4 is 27.8 Å². The second-order valence-electron chi connectivity index (χ2n) is 6.63. The van der Waals surface area contributed by atoms with Crippen LogP contribution in [0.1, 0.15) is 31.2 Å². The number of amides is 1. The van der Waals surface area contributed by atoms with Gasteiger partial charge >= 0.3 is 0 Å². The summed E-state index contributed by atoms with van der Waals surface area (Å²) in [6, 6.07) is 8.29. The normalized spacial score (nSPS) is 23.0. The van der Waals surface area contributed by atoms with Crippen molar-refractivity contribution < 1.29 is 22.0 Å². The molecule has 0 radical (unpaired) electrons. The van der Waals surface area contributed by atoms with Gasteiger partial charge < -0.3 is 5.32 Å². The van der Waals surface area contributed by atoms with Crippen LogP contribution in [-0.2, 0) is 19.4 Å². The van der Waals surface area contributed by atoms with Crippen molar-refractivity contribution in [1.29, 1.82) is 0 Å². The van der Waals surface area contributed by atoms with Crippen LogP contribution in [-0.4, -0.2) is 20.9 Å². The van der Waals surface area contributed by atoms with Gasteiger partial charge in [-0.15, -0.1) is 0 Å². The minimum absolute atomic E-state index is 0.00245. The number of sulfone groups is 1. The highest BCUT2D eigenvalue weighted by Crippen LogP contribution is 2.48. The number of nitrogens with one attached hydrogen (secondary N) is 1. The largest absolute Gasteiger partial charge is 0.356 e. The molecule has 1 amide bonds. The van der Waals surface area contributed by atoms with Gasteiger partial charge in [0.15, 0.2) is 9.84 Å². The standard InChI is InChI=1S/C19H18ClF2NO3S/c20-13-1-4-16(5-2-13)27(25,26)19(9-7-15(8-10-19)23-12-24)17-11-14(21)3-6-18(17)22/h1-6,11-12,15H,7-10H2,(H,23,24). The molecule has 4 nitrogen and oxygen atoms in total. The molecule has 1 saturated carbocycles. The first-order valence-corrected chi connectivity index (χ1v) is 10.3. The summed E-state index contributed by atoms with van der Waals surface area (Å²) in [4.78, 5) is 10.7. The minimum Gasteiger partial charge on any atom is -0.356 e. The first-order valence-electron chi connectivity index (χ1n) is 8.45. The molecular weight excluding hydrogens is 396 g/mol. The Balaban J connectivity index is 2.15. The lowest BCUT2D eigenvalue weighted by atomic mass is 9.80. The van der Waals surface area contributed by atoms with Crippen LogP contribution in [0.2, 0.25) is 5.02 Å². The smallest absolute Gasteiger partial charge is 0.207 e. The van der Waals surface area contributed by atoms with Crippen LogP contribution >= 0.6 is 11.6 Å². The minimum atomic E-state index is -4.05. The van der Waals surface area contributed by atoms with E-state index >= 15 is 0 Å². The summed E-state index contributed by atoms with van der Waals surface area (Å²) in [6.45, 7) is 0. The number of halogens is 3. The van der Waals surface area contributed by atoms with E-state index in [4.69, 9.17) is 11.6 Å². The fourth-order valence-corrected chi connectivity index (χ4v) is 6.01. The monoisotopic (exact) mass is 413 g/mol. The van der Waals surface area contributed by atoms with Crippen molar-refractivity contribution in [3.8, 4) is 0 Å². The number of hydrogen-bond acceptors (Lipinski definition) is 3. The topological polar surface area (TPSA) is 63.2 Å². The predicted molar refractivity (Wildman–Crippen MR) is 98.1 cm³/mol. The molecule has 1 aliphatic carbocycles. The molecule has 1 aliphatic rings. The molecule has 8 heteroatoms. The Morgan fingerprint density at radius 1 is 1.07 bits per heavy atom. The molecule has 0 aromatic heterocycles. The van der Waals surface area contributed by atoms with Crippen LogP contribution in [0.15, 0.2) is 47.4 Å². The molecule has 1 N–H and O–H groups in total. The van der Waals surface area contributed by atoms with Gasteiger partial charge in [-0.3, -0.25) is 4.79 Å². The van der Waals surface area contributed by atoms with Gasteiger partial charge in [-0.05, 0) is 68.1 Å². The van der Waals surface area contributed by atoms with Crippen molar-refractivity contribution in [2.75, 3.05) is 0 Å². The van der Waals surface area contributed by atoms with Gasteiger partial charge in [0, 0.05) is 16.6 Å². The Labute approximate surface area is 161 Å². The molecule has 27 heavy (non-hydrogen) atoms. The zero-order valence-electron chi connectivity index (χ0n) is 14.3. The van der Waals surface area contributed by atoms with Crippen molar-refractivity contribution in [3.63, 3.8) is 0 Å². The van der Waals surface area contributed by atoms with Gasteiger partial charge in [0.2, 0.25) is 6.41 Å². The third-order valence-electron chi connectivity index (χ3n) is 5.15.